The minimum Gasteiger partial charge on any atom is -0.465 e. The Kier molecular flexibility index (Phi) is 7.43. The normalized spacial score (nSPS) is 15.8. The molecule has 1 fully saturated rings. The summed E-state index contributed by atoms with van der Waals surface area (Å²) in [6, 6.07) is 9.95. The lowest BCUT2D eigenvalue weighted by atomic mass is 9.98. The number of piperidine rings is 1. The van der Waals surface area contributed by atoms with Gasteiger partial charge in [-0.3, -0.25) is 4.79 Å². The predicted molar refractivity (Wildman–Crippen MR) is 111 cm³/mol. The lowest BCUT2D eigenvalue weighted by Crippen LogP contribution is -2.40. The van der Waals surface area contributed by atoms with Gasteiger partial charge in [0.15, 0.2) is 0 Å². The zero-order chi connectivity index (χ0) is 24.2. The molecule has 1 aliphatic rings. The molecule has 0 saturated carbocycles. The van der Waals surface area contributed by atoms with Crippen LogP contribution in [0.5, 0.6) is 0 Å². The number of sulfonamides is 1. The number of methoxy groups -OCH3 is 1. The topological polar surface area (TPSA) is 90.0 Å². The van der Waals surface area contributed by atoms with Crippen LogP contribution in [-0.2, 0) is 37.1 Å². The minimum absolute atomic E-state index is 0.00777. The summed E-state index contributed by atoms with van der Waals surface area (Å²) in [5.74, 6) is -1.49. The second-order valence-corrected chi connectivity index (χ2v) is 9.44. The molecule has 0 N–H and O–H groups in total. The molecule has 0 unspecified atom stereocenters. The highest BCUT2D eigenvalue weighted by Gasteiger charge is 2.35. The Hall–Kier alpha value is -2.92. The van der Waals surface area contributed by atoms with Gasteiger partial charge in [-0.05, 0) is 48.7 Å². The number of esters is 2. The molecule has 0 aromatic heterocycles. The Bertz CT molecular complexity index is 1110. The van der Waals surface area contributed by atoms with E-state index in [1.165, 1.54) is 7.11 Å². The molecular weight excluding hydrogens is 463 g/mol. The van der Waals surface area contributed by atoms with Crippen LogP contribution in [0.25, 0.3) is 0 Å². The molecule has 0 amide bonds. The van der Waals surface area contributed by atoms with E-state index in [4.69, 9.17) is 4.74 Å². The molecule has 11 heteroatoms. The minimum atomic E-state index is -4.65. The van der Waals surface area contributed by atoms with Crippen LogP contribution in [0.3, 0.4) is 0 Å². The van der Waals surface area contributed by atoms with Crippen LogP contribution >= 0.6 is 0 Å². The van der Waals surface area contributed by atoms with E-state index in [1.807, 2.05) is 0 Å². The molecule has 178 valence electrons. The first-order chi connectivity index (χ1) is 15.5. The smallest absolute Gasteiger partial charge is 0.416 e. The molecule has 1 saturated heterocycles. The number of alkyl halides is 3. The second kappa shape index (κ2) is 9.92. The maximum absolute atomic E-state index is 12.9. The Morgan fingerprint density at radius 1 is 1.06 bits per heavy atom. The van der Waals surface area contributed by atoms with E-state index in [1.54, 1.807) is 24.3 Å². The molecular formula is C22H22F3NO6S. The molecule has 0 aliphatic carbocycles. The van der Waals surface area contributed by atoms with Crippen LogP contribution in [-0.4, -0.2) is 44.9 Å². The van der Waals surface area contributed by atoms with Crippen LogP contribution in [0.1, 0.15) is 34.3 Å². The van der Waals surface area contributed by atoms with Gasteiger partial charge in [-0.25, -0.2) is 13.2 Å². The highest BCUT2D eigenvalue weighted by atomic mass is 32.2. The predicted octanol–water partition coefficient (Wildman–Crippen LogP) is 3.64. The van der Waals surface area contributed by atoms with E-state index in [9.17, 15) is 31.2 Å². The lowest BCUT2D eigenvalue weighted by Gasteiger charge is -2.30. The molecule has 7 nitrogen and oxygen atoms in total. The molecule has 2 aromatic carbocycles. The summed E-state index contributed by atoms with van der Waals surface area (Å²) in [4.78, 5) is 23.4. The van der Waals surface area contributed by atoms with E-state index in [0.717, 1.165) is 22.5 Å². The first-order valence-electron chi connectivity index (χ1n) is 10.0. The fourth-order valence-corrected chi connectivity index (χ4v) is 4.96. The van der Waals surface area contributed by atoms with Crippen molar-refractivity contribution in [2.75, 3.05) is 20.2 Å². The quantitative estimate of drug-likeness (QED) is 0.581. The molecule has 0 bridgehead atoms. The number of rotatable bonds is 6. The third kappa shape index (κ3) is 5.91. The van der Waals surface area contributed by atoms with Gasteiger partial charge in [0.2, 0.25) is 10.0 Å². The fourth-order valence-electron chi connectivity index (χ4n) is 3.44. The SMILES string of the molecule is COC(=O)c1ccc(COC(=O)C2CCN(S(=O)(=O)c3cccc(C(F)(F)F)c3)CC2)cc1. The van der Waals surface area contributed by atoms with Gasteiger partial charge in [0.25, 0.3) is 0 Å². The molecule has 1 heterocycles. The molecule has 1 aliphatic heterocycles. The summed E-state index contributed by atoms with van der Waals surface area (Å²) in [5.41, 5.74) is -0.0100. The Labute approximate surface area is 189 Å². The Balaban J connectivity index is 1.56. The summed E-state index contributed by atoms with van der Waals surface area (Å²) in [6.45, 7) is -0.0264. The highest BCUT2D eigenvalue weighted by Crippen LogP contribution is 2.32. The first kappa shape index (κ1) is 24.7. The van der Waals surface area contributed by atoms with Gasteiger partial charge >= 0.3 is 18.1 Å². The van der Waals surface area contributed by atoms with Crippen molar-refractivity contribution in [1.29, 1.82) is 0 Å². The van der Waals surface area contributed by atoms with Crippen LogP contribution in [0, 0.1) is 5.92 Å². The number of halogens is 3. The summed E-state index contributed by atoms with van der Waals surface area (Å²) in [7, 11) is -2.85. The van der Waals surface area contributed by atoms with Gasteiger partial charge in [0.05, 0.1) is 29.1 Å². The number of ether oxygens (including phenoxy) is 2. The molecule has 3 rings (SSSR count). The number of hydrogen-bond acceptors (Lipinski definition) is 6. The molecule has 33 heavy (non-hydrogen) atoms. The summed E-state index contributed by atoms with van der Waals surface area (Å²) >= 11 is 0. The van der Waals surface area contributed by atoms with Gasteiger partial charge in [-0.1, -0.05) is 18.2 Å². The number of benzene rings is 2. The number of hydrogen-bond donors (Lipinski definition) is 0. The Morgan fingerprint density at radius 2 is 1.70 bits per heavy atom. The van der Waals surface area contributed by atoms with E-state index in [2.05, 4.69) is 4.74 Å². The number of nitrogens with zero attached hydrogens (tertiary/aromatic N) is 1. The van der Waals surface area contributed by atoms with Crippen LogP contribution in [0.2, 0.25) is 0 Å². The van der Waals surface area contributed by atoms with E-state index < -0.39 is 44.5 Å². The molecule has 2 aromatic rings. The molecule has 0 radical (unpaired) electrons. The Morgan fingerprint density at radius 3 is 2.27 bits per heavy atom. The van der Waals surface area contributed by atoms with Crippen molar-refractivity contribution in [3.8, 4) is 0 Å². The largest absolute Gasteiger partial charge is 0.465 e. The standard InChI is InChI=1S/C22H22F3NO6S/c1-31-20(27)16-7-5-15(6-8-16)14-32-21(28)17-9-11-26(12-10-17)33(29,30)19-4-2-3-18(13-19)22(23,24)25/h2-8,13,17H,9-12,14H2,1H3. The highest BCUT2D eigenvalue weighted by molar-refractivity contribution is 7.89. The summed E-state index contributed by atoms with van der Waals surface area (Å²) in [5, 5.41) is 0. The van der Waals surface area contributed by atoms with Crippen LogP contribution in [0.4, 0.5) is 13.2 Å². The number of carbonyl (C=O) groups excluding carboxylic acids is 2. The van der Waals surface area contributed by atoms with Gasteiger partial charge in [-0.15, -0.1) is 0 Å². The first-order valence-corrected chi connectivity index (χ1v) is 11.5. The van der Waals surface area contributed by atoms with Gasteiger partial charge in [-0.2, -0.15) is 17.5 Å². The van der Waals surface area contributed by atoms with Gasteiger partial charge in [0.1, 0.15) is 6.61 Å². The third-order valence-corrected chi connectivity index (χ3v) is 7.24. The van der Waals surface area contributed by atoms with E-state index in [-0.39, 0.29) is 32.5 Å². The van der Waals surface area contributed by atoms with Crippen molar-refractivity contribution in [3.63, 3.8) is 0 Å². The molecule has 0 atom stereocenters. The average Bonchev–Trinajstić information content (AvgIpc) is 2.82. The zero-order valence-corrected chi connectivity index (χ0v) is 18.5. The average molecular weight is 485 g/mol. The zero-order valence-electron chi connectivity index (χ0n) is 17.7. The maximum Gasteiger partial charge on any atom is 0.416 e. The van der Waals surface area contributed by atoms with Crippen molar-refractivity contribution in [2.45, 2.75) is 30.5 Å². The van der Waals surface area contributed by atoms with Crippen LogP contribution < -0.4 is 0 Å². The second-order valence-electron chi connectivity index (χ2n) is 7.50. The van der Waals surface area contributed by atoms with Crippen molar-refractivity contribution in [1.82, 2.24) is 4.31 Å². The van der Waals surface area contributed by atoms with Crippen molar-refractivity contribution in [3.05, 3.63) is 65.2 Å². The van der Waals surface area contributed by atoms with Crippen LogP contribution in [0.15, 0.2) is 53.4 Å². The lowest BCUT2D eigenvalue weighted by molar-refractivity contribution is -0.151. The van der Waals surface area contributed by atoms with E-state index >= 15 is 0 Å². The van der Waals surface area contributed by atoms with Crippen molar-refractivity contribution in [2.24, 2.45) is 5.92 Å². The third-order valence-electron chi connectivity index (χ3n) is 5.34. The number of carbonyl (C=O) groups is 2. The van der Waals surface area contributed by atoms with Gasteiger partial charge in [0, 0.05) is 13.1 Å². The summed E-state index contributed by atoms with van der Waals surface area (Å²) in [6.07, 6.45) is -4.27. The van der Waals surface area contributed by atoms with E-state index in [0.29, 0.717) is 17.2 Å². The maximum atomic E-state index is 12.9. The fraction of sp³-hybridized carbons (Fsp3) is 0.364. The molecule has 0 spiro atoms. The van der Waals surface area contributed by atoms with Crippen molar-refractivity contribution < 1.29 is 40.7 Å². The van der Waals surface area contributed by atoms with Crippen molar-refractivity contribution >= 4 is 22.0 Å². The monoisotopic (exact) mass is 485 g/mol. The van der Waals surface area contributed by atoms with Gasteiger partial charge < -0.3 is 9.47 Å². The summed E-state index contributed by atoms with van der Waals surface area (Å²) < 4.78 is 75.3.